The topological polar surface area (TPSA) is 105 Å². The van der Waals surface area contributed by atoms with E-state index in [2.05, 4.69) is 5.32 Å². The third-order valence-corrected chi connectivity index (χ3v) is 9.75. The van der Waals surface area contributed by atoms with Gasteiger partial charge in [0, 0.05) is 34.3 Å². The number of rotatable bonds is 13. The molecule has 0 bridgehead atoms. The molecule has 0 saturated carbocycles. The summed E-state index contributed by atoms with van der Waals surface area (Å²) in [5.41, 5.74) is 2.34. The maximum atomic E-state index is 14.3. The molecular weight excluding hydrogens is 625 g/mol. The van der Waals surface area contributed by atoms with Gasteiger partial charge in [-0.25, -0.2) is 8.42 Å². The lowest BCUT2D eigenvalue weighted by atomic mass is 10.1. The lowest BCUT2D eigenvalue weighted by Gasteiger charge is -2.33. The van der Waals surface area contributed by atoms with E-state index in [-0.39, 0.29) is 28.9 Å². The van der Waals surface area contributed by atoms with Crippen molar-refractivity contribution < 1.29 is 27.5 Å². The Labute approximate surface area is 270 Å². The third-order valence-electron chi connectivity index (χ3n) is 7.27. The SMILES string of the molecule is CC[C@H](C)NC(=O)[C@@H](C)N(Cc1c(Cl)cccc1Cl)C(=O)CN(c1cc(C)cc(C)c1)S(=O)(=O)c1ccc(OC)c(OC)c1. The number of amides is 2. The number of sulfonamides is 1. The zero-order valence-electron chi connectivity index (χ0n) is 26.0. The first-order chi connectivity index (χ1) is 20.7. The smallest absolute Gasteiger partial charge is 0.264 e. The van der Waals surface area contributed by atoms with Gasteiger partial charge in [-0.1, -0.05) is 42.3 Å². The fourth-order valence-corrected chi connectivity index (χ4v) is 6.56. The largest absolute Gasteiger partial charge is 0.493 e. The van der Waals surface area contributed by atoms with Crippen molar-refractivity contribution in [3.05, 3.63) is 81.3 Å². The number of ether oxygens (including phenoxy) is 2. The summed E-state index contributed by atoms with van der Waals surface area (Å²) in [4.78, 5) is 28.7. The number of anilines is 1. The molecule has 1 N–H and O–H groups in total. The second kappa shape index (κ2) is 15.0. The second-order valence-electron chi connectivity index (χ2n) is 10.6. The van der Waals surface area contributed by atoms with Crippen LogP contribution in [-0.2, 0) is 26.2 Å². The van der Waals surface area contributed by atoms with Crippen molar-refractivity contribution in [1.82, 2.24) is 10.2 Å². The van der Waals surface area contributed by atoms with Crippen molar-refractivity contribution >= 4 is 50.7 Å². The van der Waals surface area contributed by atoms with Crippen molar-refractivity contribution in [2.45, 2.75) is 64.6 Å². The summed E-state index contributed by atoms with van der Waals surface area (Å²) >= 11 is 12.9. The number of aryl methyl sites for hydroxylation is 2. The van der Waals surface area contributed by atoms with Crippen LogP contribution in [0.3, 0.4) is 0 Å². The average Bonchev–Trinajstić information content (AvgIpc) is 2.98. The maximum Gasteiger partial charge on any atom is 0.264 e. The number of benzene rings is 3. The quantitative estimate of drug-likeness (QED) is 0.235. The highest BCUT2D eigenvalue weighted by Crippen LogP contribution is 2.33. The molecule has 0 radical (unpaired) electrons. The summed E-state index contributed by atoms with van der Waals surface area (Å²) in [6.07, 6.45) is 0.687. The molecule has 0 fully saturated rings. The van der Waals surface area contributed by atoms with E-state index in [4.69, 9.17) is 32.7 Å². The Morgan fingerprint density at radius 3 is 2.05 bits per heavy atom. The summed E-state index contributed by atoms with van der Waals surface area (Å²) < 4.78 is 40.2. The number of carbonyl (C=O) groups is 2. The summed E-state index contributed by atoms with van der Waals surface area (Å²) in [6.45, 7) is 8.33. The predicted octanol–water partition coefficient (Wildman–Crippen LogP) is 6.15. The molecular formula is C32H39Cl2N3O6S. The number of methoxy groups -OCH3 is 2. The van der Waals surface area contributed by atoms with Crippen LogP contribution in [0.15, 0.2) is 59.5 Å². The van der Waals surface area contributed by atoms with Gasteiger partial charge in [0.25, 0.3) is 10.0 Å². The van der Waals surface area contributed by atoms with Gasteiger partial charge < -0.3 is 19.7 Å². The molecule has 3 aromatic rings. The highest BCUT2D eigenvalue weighted by atomic mass is 35.5. The van der Waals surface area contributed by atoms with Gasteiger partial charge in [0.05, 0.1) is 24.8 Å². The van der Waals surface area contributed by atoms with Gasteiger partial charge in [-0.05, 0) is 81.6 Å². The molecule has 0 unspecified atom stereocenters. The van der Waals surface area contributed by atoms with Gasteiger partial charge in [-0.15, -0.1) is 0 Å². The Kier molecular flexibility index (Phi) is 11.9. The van der Waals surface area contributed by atoms with Crippen molar-refractivity contribution in [3.8, 4) is 11.5 Å². The lowest BCUT2D eigenvalue weighted by molar-refractivity contribution is -0.139. The van der Waals surface area contributed by atoms with E-state index in [1.54, 1.807) is 37.3 Å². The Hall–Kier alpha value is -3.47. The molecule has 0 spiro atoms. The molecule has 0 aliphatic carbocycles. The molecule has 0 saturated heterocycles. The number of nitrogens with one attached hydrogen (secondary N) is 1. The normalized spacial score (nSPS) is 12.7. The minimum atomic E-state index is -4.33. The molecule has 12 heteroatoms. The van der Waals surface area contributed by atoms with Crippen LogP contribution in [0, 0.1) is 13.8 Å². The molecule has 2 amide bonds. The van der Waals surface area contributed by atoms with Crippen molar-refractivity contribution in [1.29, 1.82) is 0 Å². The van der Waals surface area contributed by atoms with Gasteiger partial charge in [0.1, 0.15) is 12.6 Å². The monoisotopic (exact) mass is 663 g/mol. The van der Waals surface area contributed by atoms with Crippen LogP contribution in [-0.4, -0.2) is 58.0 Å². The van der Waals surface area contributed by atoms with E-state index < -0.39 is 34.4 Å². The van der Waals surface area contributed by atoms with Gasteiger partial charge in [0.15, 0.2) is 11.5 Å². The standard InChI is InChI=1S/C32H39Cl2N3O6S/c1-8-22(4)35-32(39)23(5)36(18-26-27(33)10-9-11-28(26)34)31(38)19-37(24-15-20(2)14-21(3)16-24)44(40,41)25-12-13-29(42-6)30(17-25)43-7/h9-17,22-23H,8,18-19H2,1-7H3,(H,35,39)/t22-,23+/m0/s1. The van der Waals surface area contributed by atoms with Crippen LogP contribution in [0.5, 0.6) is 11.5 Å². The van der Waals surface area contributed by atoms with E-state index >= 15 is 0 Å². The highest BCUT2D eigenvalue weighted by molar-refractivity contribution is 7.92. The molecule has 238 valence electrons. The van der Waals surface area contributed by atoms with Crippen molar-refractivity contribution in [3.63, 3.8) is 0 Å². The summed E-state index contributed by atoms with van der Waals surface area (Å²) in [5, 5.41) is 3.53. The fraction of sp³-hybridized carbons (Fsp3) is 0.375. The molecule has 3 aromatic carbocycles. The number of hydrogen-bond donors (Lipinski definition) is 1. The average molecular weight is 665 g/mol. The molecule has 44 heavy (non-hydrogen) atoms. The first-order valence-electron chi connectivity index (χ1n) is 14.1. The molecule has 3 rings (SSSR count). The Bertz CT molecular complexity index is 1570. The van der Waals surface area contributed by atoms with Gasteiger partial charge in [-0.3, -0.25) is 13.9 Å². The van der Waals surface area contributed by atoms with Crippen molar-refractivity contribution in [2.75, 3.05) is 25.1 Å². The van der Waals surface area contributed by atoms with E-state index in [0.29, 0.717) is 27.8 Å². The molecule has 0 aliphatic rings. The maximum absolute atomic E-state index is 14.3. The van der Waals surface area contributed by atoms with Crippen LogP contribution < -0.4 is 19.1 Å². The van der Waals surface area contributed by atoms with Crippen LogP contribution in [0.1, 0.15) is 43.9 Å². The zero-order chi connectivity index (χ0) is 32.8. The van der Waals surface area contributed by atoms with Crippen LogP contribution in [0.4, 0.5) is 5.69 Å². The molecule has 9 nitrogen and oxygen atoms in total. The van der Waals surface area contributed by atoms with E-state index in [0.717, 1.165) is 15.4 Å². The van der Waals surface area contributed by atoms with E-state index in [9.17, 15) is 18.0 Å². The Morgan fingerprint density at radius 1 is 0.909 bits per heavy atom. The molecule has 0 aliphatic heterocycles. The molecule has 0 aromatic heterocycles. The van der Waals surface area contributed by atoms with Gasteiger partial charge in [0.2, 0.25) is 11.8 Å². The Morgan fingerprint density at radius 2 is 1.50 bits per heavy atom. The number of nitrogens with zero attached hydrogens (tertiary/aromatic N) is 2. The number of hydrogen-bond acceptors (Lipinski definition) is 6. The van der Waals surface area contributed by atoms with Gasteiger partial charge in [-0.2, -0.15) is 0 Å². The summed E-state index contributed by atoms with van der Waals surface area (Å²) in [5.74, 6) is -0.456. The molecule has 0 heterocycles. The minimum absolute atomic E-state index is 0.106. The van der Waals surface area contributed by atoms with Crippen LogP contribution in [0.25, 0.3) is 0 Å². The van der Waals surface area contributed by atoms with Gasteiger partial charge >= 0.3 is 0 Å². The van der Waals surface area contributed by atoms with E-state index in [1.807, 2.05) is 33.8 Å². The Balaban J connectivity index is 2.14. The first kappa shape index (κ1) is 35.0. The van der Waals surface area contributed by atoms with Crippen LogP contribution >= 0.6 is 23.2 Å². The van der Waals surface area contributed by atoms with E-state index in [1.165, 1.54) is 37.3 Å². The number of carbonyl (C=O) groups excluding carboxylic acids is 2. The lowest BCUT2D eigenvalue weighted by Crippen LogP contribution is -2.52. The molecule has 2 atom stereocenters. The summed E-state index contributed by atoms with van der Waals surface area (Å²) in [7, 11) is -1.48. The third kappa shape index (κ3) is 8.16. The summed E-state index contributed by atoms with van der Waals surface area (Å²) in [6, 6.07) is 13.3. The highest BCUT2D eigenvalue weighted by Gasteiger charge is 2.34. The fourth-order valence-electron chi connectivity index (χ4n) is 4.63. The van der Waals surface area contributed by atoms with Crippen LogP contribution in [0.2, 0.25) is 10.0 Å². The first-order valence-corrected chi connectivity index (χ1v) is 16.3. The second-order valence-corrected chi connectivity index (χ2v) is 13.3. The zero-order valence-corrected chi connectivity index (χ0v) is 28.3. The van der Waals surface area contributed by atoms with Crippen molar-refractivity contribution in [2.24, 2.45) is 0 Å². The predicted molar refractivity (Wildman–Crippen MR) is 174 cm³/mol. The number of halogens is 2. The minimum Gasteiger partial charge on any atom is -0.493 e.